The number of fused-ring (bicyclic) bond motifs is 1. The van der Waals surface area contributed by atoms with Crippen LogP contribution in [-0.2, 0) is 0 Å². The molecule has 0 bridgehead atoms. The van der Waals surface area contributed by atoms with Gasteiger partial charge in [-0.15, -0.1) is 0 Å². The molecule has 6 aromatic rings. The fraction of sp³-hybridized carbons (Fsp3) is 0.0323. The second kappa shape index (κ2) is 9.52. The van der Waals surface area contributed by atoms with Gasteiger partial charge in [-0.1, -0.05) is 30.3 Å². The van der Waals surface area contributed by atoms with Crippen LogP contribution in [0.15, 0.2) is 110 Å². The van der Waals surface area contributed by atoms with Crippen LogP contribution in [0.2, 0.25) is 0 Å². The number of rotatable bonds is 5. The van der Waals surface area contributed by atoms with Crippen molar-refractivity contribution in [2.45, 2.75) is 6.92 Å². The Hall–Kier alpha value is -5.48. The van der Waals surface area contributed by atoms with E-state index in [4.69, 9.17) is 0 Å². The highest BCUT2D eigenvalue weighted by molar-refractivity contribution is 6.05. The first-order chi connectivity index (χ1) is 18.6. The topological polar surface area (TPSA) is 88.0 Å². The van der Waals surface area contributed by atoms with Crippen molar-refractivity contribution in [2.24, 2.45) is 0 Å². The molecule has 0 radical (unpaired) electrons. The fourth-order valence-electron chi connectivity index (χ4n) is 4.50. The summed E-state index contributed by atoms with van der Waals surface area (Å²) in [5, 5.41) is 16.9. The SMILES string of the molecule is Cc1ccc(NC(=O)c2cccc(-c3cccc(C#N)c3)c2)cc1-n1ccn2nc(-c3cccnc3)cc12. The molecule has 1 N–H and O–H groups in total. The lowest BCUT2D eigenvalue weighted by Crippen LogP contribution is -2.12. The van der Waals surface area contributed by atoms with E-state index in [1.807, 2.05) is 96.6 Å². The normalized spacial score (nSPS) is 10.8. The first-order valence-corrected chi connectivity index (χ1v) is 12.1. The molecule has 0 aliphatic carbocycles. The predicted octanol–water partition coefficient (Wildman–Crippen LogP) is 6.29. The van der Waals surface area contributed by atoms with Crippen LogP contribution in [0, 0.1) is 18.3 Å². The van der Waals surface area contributed by atoms with Crippen molar-refractivity contribution in [3.8, 4) is 34.1 Å². The van der Waals surface area contributed by atoms with Crippen molar-refractivity contribution in [3.63, 3.8) is 0 Å². The molecule has 7 nitrogen and oxygen atoms in total. The van der Waals surface area contributed by atoms with Gasteiger partial charge in [0, 0.05) is 47.7 Å². The van der Waals surface area contributed by atoms with Gasteiger partial charge in [0.1, 0.15) is 5.65 Å². The predicted molar refractivity (Wildman–Crippen MR) is 147 cm³/mol. The van der Waals surface area contributed by atoms with Gasteiger partial charge in [-0.3, -0.25) is 14.3 Å². The molecule has 0 spiro atoms. The summed E-state index contributed by atoms with van der Waals surface area (Å²) >= 11 is 0. The Morgan fingerprint density at radius 3 is 2.53 bits per heavy atom. The third kappa shape index (κ3) is 4.31. The molecule has 0 fully saturated rings. The van der Waals surface area contributed by atoms with Crippen LogP contribution in [0.3, 0.4) is 0 Å². The number of amides is 1. The van der Waals surface area contributed by atoms with Crippen molar-refractivity contribution in [3.05, 3.63) is 126 Å². The number of hydrogen-bond acceptors (Lipinski definition) is 4. The summed E-state index contributed by atoms with van der Waals surface area (Å²) < 4.78 is 3.89. The van der Waals surface area contributed by atoms with Crippen LogP contribution in [0.25, 0.3) is 33.7 Å². The first kappa shape index (κ1) is 23.0. The lowest BCUT2D eigenvalue weighted by molar-refractivity contribution is 0.102. The number of nitrogens with one attached hydrogen (secondary N) is 1. The Kier molecular flexibility index (Phi) is 5.75. The van der Waals surface area contributed by atoms with Gasteiger partial charge in [-0.2, -0.15) is 10.4 Å². The lowest BCUT2D eigenvalue weighted by Gasteiger charge is -2.12. The van der Waals surface area contributed by atoms with Gasteiger partial charge in [-0.25, -0.2) is 4.52 Å². The minimum Gasteiger partial charge on any atom is -0.322 e. The number of carbonyl (C=O) groups excluding carboxylic acids is 1. The molecule has 0 unspecified atom stereocenters. The summed E-state index contributed by atoms with van der Waals surface area (Å²) in [7, 11) is 0. The van der Waals surface area contributed by atoms with Crippen LogP contribution < -0.4 is 5.32 Å². The number of anilines is 1. The number of nitrogens with zero attached hydrogens (tertiary/aromatic N) is 5. The van der Waals surface area contributed by atoms with Crippen molar-refractivity contribution in [1.82, 2.24) is 19.2 Å². The highest BCUT2D eigenvalue weighted by atomic mass is 16.1. The largest absolute Gasteiger partial charge is 0.322 e. The Balaban J connectivity index is 1.29. The molecule has 0 saturated heterocycles. The van der Waals surface area contributed by atoms with E-state index >= 15 is 0 Å². The van der Waals surface area contributed by atoms with Crippen molar-refractivity contribution in [2.75, 3.05) is 5.32 Å². The molecule has 1 amide bonds. The molecule has 0 aliphatic heterocycles. The summed E-state index contributed by atoms with van der Waals surface area (Å²) in [6, 6.07) is 28.6. The van der Waals surface area contributed by atoms with E-state index in [9.17, 15) is 10.1 Å². The molecule has 38 heavy (non-hydrogen) atoms. The van der Waals surface area contributed by atoms with Gasteiger partial charge in [0.05, 0.1) is 23.0 Å². The molecule has 6 rings (SSSR count). The van der Waals surface area contributed by atoms with E-state index in [1.165, 1.54) is 0 Å². The van der Waals surface area contributed by atoms with Crippen LogP contribution in [0.5, 0.6) is 0 Å². The molecule has 182 valence electrons. The van der Waals surface area contributed by atoms with E-state index in [0.29, 0.717) is 16.8 Å². The third-order valence-corrected chi connectivity index (χ3v) is 6.45. The highest BCUT2D eigenvalue weighted by Gasteiger charge is 2.13. The zero-order valence-corrected chi connectivity index (χ0v) is 20.5. The Bertz CT molecular complexity index is 1840. The van der Waals surface area contributed by atoms with Crippen molar-refractivity contribution in [1.29, 1.82) is 5.26 Å². The van der Waals surface area contributed by atoms with Gasteiger partial charge >= 0.3 is 0 Å². The molecule has 3 heterocycles. The molecule has 3 aromatic heterocycles. The third-order valence-electron chi connectivity index (χ3n) is 6.45. The molecule has 0 saturated carbocycles. The highest BCUT2D eigenvalue weighted by Crippen LogP contribution is 2.26. The minimum atomic E-state index is -0.209. The summed E-state index contributed by atoms with van der Waals surface area (Å²) in [4.78, 5) is 17.4. The maximum atomic E-state index is 13.2. The van der Waals surface area contributed by atoms with E-state index < -0.39 is 0 Å². The zero-order valence-electron chi connectivity index (χ0n) is 20.5. The van der Waals surface area contributed by atoms with Gasteiger partial charge < -0.3 is 5.32 Å². The van der Waals surface area contributed by atoms with E-state index in [1.54, 1.807) is 24.5 Å². The maximum absolute atomic E-state index is 13.2. The number of benzene rings is 3. The van der Waals surface area contributed by atoms with E-state index in [-0.39, 0.29) is 5.91 Å². The van der Waals surface area contributed by atoms with Gasteiger partial charge in [0.25, 0.3) is 5.91 Å². The average Bonchev–Trinajstić information content (AvgIpc) is 3.56. The first-order valence-electron chi connectivity index (χ1n) is 12.1. The monoisotopic (exact) mass is 494 g/mol. The zero-order chi connectivity index (χ0) is 26.1. The van der Waals surface area contributed by atoms with Crippen LogP contribution in [-0.4, -0.2) is 25.1 Å². The fourth-order valence-corrected chi connectivity index (χ4v) is 4.50. The van der Waals surface area contributed by atoms with Gasteiger partial charge in [0.2, 0.25) is 0 Å². The second-order valence-electron chi connectivity index (χ2n) is 8.97. The van der Waals surface area contributed by atoms with Crippen LogP contribution in [0.4, 0.5) is 5.69 Å². The van der Waals surface area contributed by atoms with Gasteiger partial charge in [-0.05, 0) is 72.1 Å². The van der Waals surface area contributed by atoms with Crippen molar-refractivity contribution < 1.29 is 4.79 Å². The number of nitriles is 1. The van der Waals surface area contributed by atoms with E-state index in [2.05, 4.69) is 26.0 Å². The quantitative estimate of drug-likeness (QED) is 0.305. The summed E-state index contributed by atoms with van der Waals surface area (Å²) in [5.74, 6) is -0.209. The number of aryl methyl sites for hydroxylation is 1. The maximum Gasteiger partial charge on any atom is 0.255 e. The number of aromatic nitrogens is 4. The Labute approximate surface area is 219 Å². The van der Waals surface area contributed by atoms with E-state index in [0.717, 1.165) is 39.3 Å². The Morgan fingerprint density at radius 2 is 1.71 bits per heavy atom. The Morgan fingerprint density at radius 1 is 0.895 bits per heavy atom. The summed E-state index contributed by atoms with van der Waals surface area (Å²) in [5.41, 5.74) is 8.25. The standard InChI is InChI=1S/C31H22N6O/c1-21-10-11-27(34-31(38)25-8-3-7-24(16-25)23-6-2-5-22(15-23)19-32)17-29(21)36-13-14-37-30(36)18-28(35-37)26-9-4-12-33-20-26/h2-18,20H,1H3,(H,34,38). The molecular weight excluding hydrogens is 472 g/mol. The van der Waals surface area contributed by atoms with Crippen molar-refractivity contribution >= 4 is 17.2 Å². The summed E-state index contributed by atoms with van der Waals surface area (Å²) in [6.07, 6.45) is 7.41. The minimum absolute atomic E-state index is 0.209. The average molecular weight is 495 g/mol. The number of imidazole rings is 1. The molecule has 0 atom stereocenters. The second-order valence-corrected chi connectivity index (χ2v) is 8.97. The summed E-state index contributed by atoms with van der Waals surface area (Å²) in [6.45, 7) is 2.04. The molecular formula is C31H22N6O. The van der Waals surface area contributed by atoms with Crippen LogP contribution in [0.1, 0.15) is 21.5 Å². The lowest BCUT2D eigenvalue weighted by atomic mass is 10.0. The molecule has 0 aliphatic rings. The smallest absolute Gasteiger partial charge is 0.255 e. The number of hydrogen-bond donors (Lipinski definition) is 1. The van der Waals surface area contributed by atoms with Gasteiger partial charge in [0.15, 0.2) is 0 Å². The number of pyridine rings is 1. The van der Waals surface area contributed by atoms with Crippen LogP contribution >= 0.6 is 0 Å². The number of carbonyl (C=O) groups is 1. The molecule has 7 heteroatoms. The molecule has 3 aromatic carbocycles.